The smallest absolute Gasteiger partial charge is 0.352 e. The number of aromatic nitrogens is 2. The lowest BCUT2D eigenvalue weighted by Crippen LogP contribution is -2.71. The number of piperidine rings is 1. The predicted octanol–water partition coefficient (Wildman–Crippen LogP) is 7.65. The summed E-state index contributed by atoms with van der Waals surface area (Å²) in [6.45, 7) is 4.89. The number of aliphatic carboxylic acids is 1. The Morgan fingerprint density at radius 2 is 1.46 bits per heavy atom. The number of halogens is 1. The standard InChI is InChI=1S/C56H56ClN7O13S2/c1-33-58-44(32-78-33)48(61-76-30-42-25-46(60-77-42)74-28-35-7-13-40(71-3)14-8-35)52(65)59-49-54(67)63-50(56(68)69)37(31-79-55(49)63)26-64-22-19-38(20-23-64)62(21-24-64)53(66)43-17-18-45(73-27-34-5-11-39(70-2)12-6-34)51(47(43)57)75-29-36-9-15-41(72-4)16-10-36/h5-18,25,32,38,49,55H,19-24,26-31H2,1-4H3,(H-,59,65,68,69)/p+1/b61-48-/t38?,49-,55-,64?/m1/s1. The van der Waals surface area contributed by atoms with Gasteiger partial charge in [0.25, 0.3) is 23.6 Å². The number of aryl methyl sites for hydroxylation is 1. The lowest BCUT2D eigenvalue weighted by Gasteiger charge is -2.50. The highest BCUT2D eigenvalue weighted by Gasteiger charge is 2.56. The first-order valence-corrected chi connectivity index (χ1v) is 27.7. The van der Waals surface area contributed by atoms with Crippen LogP contribution >= 0.6 is 34.7 Å². The monoisotopic (exact) mass is 1130 g/mol. The van der Waals surface area contributed by atoms with E-state index in [2.05, 4.69) is 20.6 Å². The van der Waals surface area contributed by atoms with E-state index in [1.54, 1.807) is 51.8 Å². The van der Waals surface area contributed by atoms with Gasteiger partial charge in [-0.3, -0.25) is 19.3 Å². The Bertz CT molecular complexity index is 3270. The van der Waals surface area contributed by atoms with Gasteiger partial charge >= 0.3 is 5.97 Å². The number of thioether (sulfide) groups is 1. The SMILES string of the molecule is COc1ccc(COc2cc(CO/N=C(\C(=O)N[C@@H]3C(=O)N4C(C(=O)O)=C(C[N+]56CCC(CC5)N(C(=O)c5ccc(OCc7ccc(OC)cc7)c(OCc7ccc(OC)cc7)c5Cl)CC6)CS[C@H]34)c3csc(C)n3)on2)cc1. The van der Waals surface area contributed by atoms with Crippen molar-refractivity contribution < 1.29 is 66.5 Å². The van der Waals surface area contributed by atoms with Crippen LogP contribution < -0.4 is 33.7 Å². The minimum atomic E-state index is -1.23. The summed E-state index contributed by atoms with van der Waals surface area (Å²) in [6.07, 6.45) is 1.36. The number of hydrogen-bond acceptors (Lipinski definition) is 17. The van der Waals surface area contributed by atoms with Crippen LogP contribution in [0.3, 0.4) is 0 Å². The molecule has 11 rings (SSSR count). The van der Waals surface area contributed by atoms with Gasteiger partial charge in [-0.2, -0.15) is 0 Å². The van der Waals surface area contributed by atoms with E-state index in [-0.39, 0.29) is 83.5 Å². The maximum absolute atomic E-state index is 14.7. The highest BCUT2D eigenvalue weighted by Crippen LogP contribution is 2.43. The molecule has 0 spiro atoms. The number of methoxy groups -OCH3 is 3. The number of carbonyl (C=O) groups is 4. The largest absolute Gasteiger partial charge is 0.497 e. The van der Waals surface area contributed by atoms with E-state index in [9.17, 15) is 24.3 Å². The fourth-order valence-electron chi connectivity index (χ4n) is 10.1. The van der Waals surface area contributed by atoms with Gasteiger partial charge in [-0.15, -0.1) is 23.1 Å². The van der Waals surface area contributed by atoms with Gasteiger partial charge in [-0.25, -0.2) is 9.78 Å². The van der Waals surface area contributed by atoms with Crippen molar-refractivity contribution >= 4 is 64.1 Å². The first-order valence-electron chi connectivity index (χ1n) is 25.4. The van der Waals surface area contributed by atoms with Crippen molar-refractivity contribution in [2.75, 3.05) is 59.8 Å². The molecule has 4 saturated heterocycles. The number of carboxylic acids is 1. The minimum Gasteiger partial charge on any atom is -0.497 e. The van der Waals surface area contributed by atoms with Crippen molar-refractivity contribution in [2.24, 2.45) is 5.16 Å². The van der Waals surface area contributed by atoms with Crippen LogP contribution in [0.25, 0.3) is 0 Å². The second-order valence-electron chi connectivity index (χ2n) is 19.3. The third-order valence-corrected chi connectivity index (χ3v) is 16.9. The third kappa shape index (κ3) is 12.1. The first kappa shape index (κ1) is 54.6. The van der Waals surface area contributed by atoms with Crippen molar-refractivity contribution in [2.45, 2.75) is 63.7 Å². The lowest BCUT2D eigenvalue weighted by molar-refractivity contribution is -0.924. The van der Waals surface area contributed by atoms with Gasteiger partial charge in [-0.05, 0) is 77.3 Å². The number of nitrogens with zero attached hydrogens (tertiary/aromatic N) is 6. The normalized spacial score (nSPS) is 19.7. The van der Waals surface area contributed by atoms with Crippen LogP contribution in [0.4, 0.5) is 0 Å². The highest BCUT2D eigenvalue weighted by molar-refractivity contribution is 8.00. The zero-order valence-electron chi connectivity index (χ0n) is 43.7. The molecule has 4 aromatic carbocycles. The molecule has 0 radical (unpaired) electrons. The summed E-state index contributed by atoms with van der Waals surface area (Å²) in [7, 11) is 4.80. The molecule has 3 amide bonds. The number of carboxylic acid groups (broad SMARTS) is 1. The molecule has 0 saturated carbocycles. The molecule has 6 aromatic rings. The van der Waals surface area contributed by atoms with E-state index in [0.29, 0.717) is 77.9 Å². The summed E-state index contributed by atoms with van der Waals surface area (Å²) in [6, 6.07) is 26.1. The van der Waals surface area contributed by atoms with E-state index >= 15 is 0 Å². The number of β-lactam (4-membered cyclic amide) rings is 1. The minimum absolute atomic E-state index is 0.0794. The quantitative estimate of drug-likeness (QED) is 0.0288. The number of nitrogens with one attached hydrogen (secondary N) is 1. The summed E-state index contributed by atoms with van der Waals surface area (Å²) >= 11 is 9.85. The van der Waals surface area contributed by atoms with Gasteiger partial charge in [-0.1, -0.05) is 53.2 Å². The zero-order valence-corrected chi connectivity index (χ0v) is 46.1. The Hall–Kier alpha value is -7.79. The Labute approximate surface area is 468 Å². The van der Waals surface area contributed by atoms with Crippen molar-refractivity contribution in [3.63, 3.8) is 0 Å². The molecule has 7 heterocycles. The van der Waals surface area contributed by atoms with Crippen LogP contribution in [0.2, 0.25) is 5.02 Å². The highest BCUT2D eigenvalue weighted by atomic mass is 35.5. The lowest BCUT2D eigenvalue weighted by atomic mass is 9.99. The van der Waals surface area contributed by atoms with Crippen LogP contribution in [-0.4, -0.2) is 136 Å². The van der Waals surface area contributed by atoms with Gasteiger partial charge in [0.15, 0.2) is 29.6 Å². The summed E-state index contributed by atoms with van der Waals surface area (Å²) in [5, 5.41) is 23.3. The fourth-order valence-corrected chi connectivity index (χ4v) is 12.3. The molecule has 20 nitrogen and oxygen atoms in total. The molecule has 0 aliphatic carbocycles. The number of rotatable bonds is 22. The number of thiazole rings is 1. The molecule has 2 bridgehead atoms. The Kier molecular flexibility index (Phi) is 16.6. The molecule has 5 aliphatic heterocycles. The molecule has 79 heavy (non-hydrogen) atoms. The van der Waals surface area contributed by atoms with Crippen LogP contribution in [0.5, 0.6) is 34.6 Å². The van der Waals surface area contributed by atoms with Crippen LogP contribution in [-0.2, 0) is 45.6 Å². The fraction of sp³-hybridized carbons (Fsp3) is 0.339. The van der Waals surface area contributed by atoms with E-state index in [1.165, 1.54) is 28.0 Å². The molecule has 412 valence electrons. The molecular formula is C56H57ClN7O13S2+. The summed E-state index contributed by atoms with van der Waals surface area (Å²) < 4.78 is 40.1. The number of hydrogen-bond donors (Lipinski definition) is 2. The molecule has 2 aromatic heterocycles. The molecule has 5 aliphatic rings. The molecular weight excluding hydrogens is 1080 g/mol. The molecule has 4 fully saturated rings. The number of benzene rings is 4. The van der Waals surface area contributed by atoms with Crippen molar-refractivity contribution in [1.82, 2.24) is 25.3 Å². The Morgan fingerprint density at radius 3 is 2.05 bits per heavy atom. The zero-order chi connectivity index (χ0) is 55.2. The second kappa shape index (κ2) is 24.1. The maximum Gasteiger partial charge on any atom is 0.352 e. The Morgan fingerprint density at radius 1 is 0.835 bits per heavy atom. The number of fused-ring (bicyclic) bond motifs is 5. The number of oxime groups is 1. The molecule has 0 unspecified atom stereocenters. The maximum atomic E-state index is 14.7. The summed E-state index contributed by atoms with van der Waals surface area (Å²) in [5.41, 5.74) is 3.51. The summed E-state index contributed by atoms with van der Waals surface area (Å²) in [4.78, 5) is 69.0. The van der Waals surface area contributed by atoms with Gasteiger partial charge in [0.05, 0.1) is 63.1 Å². The number of quaternary nitrogens is 1. The number of carbonyl (C=O) groups excluding carboxylic acids is 3. The van der Waals surface area contributed by atoms with Crippen molar-refractivity contribution in [3.8, 4) is 34.6 Å². The van der Waals surface area contributed by atoms with E-state index < -0.39 is 29.2 Å². The third-order valence-electron chi connectivity index (χ3n) is 14.4. The van der Waals surface area contributed by atoms with E-state index in [0.717, 1.165) is 28.2 Å². The number of amides is 3. The first-order chi connectivity index (χ1) is 38.3. The van der Waals surface area contributed by atoms with E-state index in [4.69, 9.17) is 49.4 Å². The molecule has 2 atom stereocenters. The van der Waals surface area contributed by atoms with Gasteiger partial charge in [0.1, 0.15) is 66.4 Å². The topological polar surface area (TPSA) is 223 Å². The van der Waals surface area contributed by atoms with Crippen molar-refractivity contribution in [3.05, 3.63) is 151 Å². The number of ether oxygens (including phenoxy) is 6. The molecule has 2 N–H and O–H groups in total. The average molecular weight is 1140 g/mol. The summed E-state index contributed by atoms with van der Waals surface area (Å²) in [5.74, 6) is 0.814. The Balaban J connectivity index is 0.793. The van der Waals surface area contributed by atoms with Crippen molar-refractivity contribution in [1.29, 1.82) is 0 Å². The van der Waals surface area contributed by atoms with Crippen LogP contribution in [0, 0.1) is 6.92 Å². The second-order valence-corrected chi connectivity index (χ2v) is 21.8. The van der Waals surface area contributed by atoms with Crippen LogP contribution in [0.1, 0.15) is 56.4 Å². The van der Waals surface area contributed by atoms with E-state index in [1.807, 2.05) is 77.7 Å². The van der Waals surface area contributed by atoms with Crippen LogP contribution in [0.15, 0.2) is 117 Å². The molecule has 23 heteroatoms. The average Bonchev–Trinajstić information content (AvgIpc) is 4.17. The van der Waals surface area contributed by atoms with Gasteiger partial charge in [0, 0.05) is 41.7 Å². The predicted molar refractivity (Wildman–Crippen MR) is 292 cm³/mol. The van der Waals surface area contributed by atoms with Gasteiger partial charge < -0.3 is 57.6 Å². The van der Waals surface area contributed by atoms with Gasteiger partial charge in [0.2, 0.25) is 0 Å².